The highest BCUT2D eigenvalue weighted by Gasteiger charge is 2.25. The van der Waals surface area contributed by atoms with Crippen LogP contribution in [0.25, 0.3) is 21.3 Å². The van der Waals surface area contributed by atoms with E-state index in [2.05, 4.69) is 9.97 Å². The van der Waals surface area contributed by atoms with Crippen LogP contribution in [0.1, 0.15) is 19.3 Å². The van der Waals surface area contributed by atoms with E-state index in [1.54, 1.807) is 12.1 Å². The van der Waals surface area contributed by atoms with Gasteiger partial charge in [-0.15, -0.1) is 23.1 Å². The van der Waals surface area contributed by atoms with Gasteiger partial charge in [0.15, 0.2) is 0 Å². The molecule has 6 nitrogen and oxygen atoms in total. The minimum absolute atomic E-state index is 0.0831. The SMILES string of the molecule is NC(=O)C1CCN(C(=O)CCSc2ncnc3scc(-c4ccc(F)cc4)c23)CC1. The predicted octanol–water partition coefficient (Wildman–Crippen LogP) is 3.70. The van der Waals surface area contributed by atoms with E-state index in [-0.39, 0.29) is 23.5 Å². The predicted molar refractivity (Wildman–Crippen MR) is 117 cm³/mol. The van der Waals surface area contributed by atoms with Crippen LogP contribution in [0.15, 0.2) is 41.0 Å². The molecule has 0 bridgehead atoms. The summed E-state index contributed by atoms with van der Waals surface area (Å²) in [7, 11) is 0. The van der Waals surface area contributed by atoms with Gasteiger partial charge in [-0.05, 0) is 30.5 Å². The van der Waals surface area contributed by atoms with Crippen LogP contribution in [0.2, 0.25) is 0 Å². The zero-order valence-electron chi connectivity index (χ0n) is 16.2. The molecule has 1 aliphatic heterocycles. The van der Waals surface area contributed by atoms with Gasteiger partial charge in [0, 0.05) is 42.1 Å². The molecule has 3 heterocycles. The van der Waals surface area contributed by atoms with E-state index < -0.39 is 0 Å². The second kappa shape index (κ2) is 9.09. The molecular weight excluding hydrogens is 423 g/mol. The van der Waals surface area contributed by atoms with Gasteiger partial charge in [-0.2, -0.15) is 0 Å². The third-order valence-electron chi connectivity index (χ3n) is 5.30. The molecule has 0 atom stereocenters. The summed E-state index contributed by atoms with van der Waals surface area (Å²) in [6.45, 7) is 1.15. The molecule has 0 spiro atoms. The molecule has 0 unspecified atom stereocenters. The number of aromatic nitrogens is 2. The third kappa shape index (κ3) is 4.46. The molecule has 4 rings (SSSR count). The number of halogens is 1. The van der Waals surface area contributed by atoms with Gasteiger partial charge in [0.05, 0.1) is 5.39 Å². The molecule has 2 amide bonds. The number of nitrogens with zero attached hydrogens (tertiary/aromatic N) is 3. The van der Waals surface area contributed by atoms with E-state index in [9.17, 15) is 14.0 Å². The number of piperidine rings is 1. The van der Waals surface area contributed by atoms with Crippen molar-refractivity contribution in [1.29, 1.82) is 0 Å². The molecule has 1 aromatic carbocycles. The van der Waals surface area contributed by atoms with Crippen LogP contribution in [-0.2, 0) is 9.59 Å². The summed E-state index contributed by atoms with van der Waals surface area (Å²) in [5.74, 6) is 0.000942. The number of amides is 2. The highest BCUT2D eigenvalue weighted by molar-refractivity contribution is 7.99. The molecule has 0 aliphatic carbocycles. The Balaban J connectivity index is 1.42. The normalized spacial score (nSPS) is 14.9. The Bertz CT molecular complexity index is 1060. The van der Waals surface area contributed by atoms with Crippen LogP contribution in [0.3, 0.4) is 0 Å². The van der Waals surface area contributed by atoms with Gasteiger partial charge >= 0.3 is 0 Å². The molecule has 2 N–H and O–H groups in total. The van der Waals surface area contributed by atoms with Crippen molar-refractivity contribution in [2.24, 2.45) is 11.7 Å². The minimum atomic E-state index is -0.279. The number of hydrogen-bond acceptors (Lipinski definition) is 6. The van der Waals surface area contributed by atoms with Gasteiger partial charge in [0.2, 0.25) is 11.8 Å². The molecule has 0 saturated carbocycles. The van der Waals surface area contributed by atoms with Crippen molar-refractivity contribution in [2.75, 3.05) is 18.8 Å². The maximum atomic E-state index is 13.3. The highest BCUT2D eigenvalue weighted by atomic mass is 32.2. The average molecular weight is 445 g/mol. The fraction of sp³-hybridized carbons (Fsp3) is 0.333. The zero-order valence-corrected chi connectivity index (χ0v) is 17.8. The van der Waals surface area contributed by atoms with Crippen molar-refractivity contribution in [2.45, 2.75) is 24.3 Å². The van der Waals surface area contributed by atoms with E-state index in [1.807, 2.05) is 10.3 Å². The van der Waals surface area contributed by atoms with Crippen LogP contribution in [-0.4, -0.2) is 45.5 Å². The minimum Gasteiger partial charge on any atom is -0.369 e. The van der Waals surface area contributed by atoms with Crippen LogP contribution in [0, 0.1) is 11.7 Å². The zero-order chi connectivity index (χ0) is 21.1. The van der Waals surface area contributed by atoms with Gasteiger partial charge in [0.25, 0.3) is 0 Å². The Labute approximate surface area is 181 Å². The lowest BCUT2D eigenvalue weighted by atomic mass is 9.96. The highest BCUT2D eigenvalue weighted by Crippen LogP contribution is 2.38. The molecule has 9 heteroatoms. The molecule has 3 aromatic rings. The molecule has 30 heavy (non-hydrogen) atoms. The monoisotopic (exact) mass is 444 g/mol. The quantitative estimate of drug-likeness (QED) is 0.463. The molecule has 1 fully saturated rings. The molecule has 1 aliphatic rings. The maximum absolute atomic E-state index is 13.3. The lowest BCUT2D eigenvalue weighted by molar-refractivity contribution is -0.134. The summed E-state index contributed by atoms with van der Waals surface area (Å²) in [6.07, 6.45) is 3.20. The standard InChI is InChI=1S/C21H21FN4O2S2/c22-15-3-1-13(2-4-15)16-11-30-21-18(16)20(24-12-25-21)29-10-7-17(27)26-8-5-14(6-9-26)19(23)28/h1-4,11-12,14H,5-10H2,(H2,23,28). The maximum Gasteiger partial charge on any atom is 0.223 e. The first kappa shape index (κ1) is 20.7. The lowest BCUT2D eigenvalue weighted by Crippen LogP contribution is -2.41. The number of likely N-dealkylation sites (tertiary alicyclic amines) is 1. The molecule has 2 aromatic heterocycles. The molecular formula is C21H21FN4O2S2. The van der Waals surface area contributed by atoms with Crippen LogP contribution >= 0.6 is 23.1 Å². The number of primary amides is 1. The number of thiophene rings is 1. The number of nitrogens with two attached hydrogens (primary N) is 1. The van der Waals surface area contributed by atoms with Crippen molar-refractivity contribution in [3.05, 3.63) is 41.8 Å². The van der Waals surface area contributed by atoms with Gasteiger partial charge < -0.3 is 10.6 Å². The number of thioether (sulfide) groups is 1. The Hall–Kier alpha value is -2.52. The van der Waals surface area contributed by atoms with Gasteiger partial charge in [-0.25, -0.2) is 14.4 Å². The van der Waals surface area contributed by atoms with E-state index in [1.165, 1.54) is 41.6 Å². The number of carbonyl (C=O) groups is 2. The van der Waals surface area contributed by atoms with E-state index in [0.29, 0.717) is 38.1 Å². The van der Waals surface area contributed by atoms with Crippen LogP contribution in [0.4, 0.5) is 4.39 Å². The van der Waals surface area contributed by atoms with Crippen molar-refractivity contribution >= 4 is 45.1 Å². The van der Waals surface area contributed by atoms with E-state index in [0.717, 1.165) is 26.4 Å². The number of rotatable bonds is 6. The molecule has 156 valence electrons. The van der Waals surface area contributed by atoms with Crippen molar-refractivity contribution in [3.63, 3.8) is 0 Å². The summed E-state index contributed by atoms with van der Waals surface area (Å²) < 4.78 is 13.3. The smallest absolute Gasteiger partial charge is 0.223 e. The topological polar surface area (TPSA) is 89.2 Å². The average Bonchev–Trinajstić information content (AvgIpc) is 3.19. The summed E-state index contributed by atoms with van der Waals surface area (Å²) in [5.41, 5.74) is 7.24. The van der Waals surface area contributed by atoms with Crippen molar-refractivity contribution in [3.8, 4) is 11.1 Å². The van der Waals surface area contributed by atoms with Crippen LogP contribution < -0.4 is 5.73 Å². The Morgan fingerprint density at radius 3 is 2.63 bits per heavy atom. The fourth-order valence-electron chi connectivity index (χ4n) is 3.61. The number of carbonyl (C=O) groups excluding carboxylic acids is 2. The Morgan fingerprint density at radius 1 is 1.20 bits per heavy atom. The third-order valence-corrected chi connectivity index (χ3v) is 7.17. The Kier molecular flexibility index (Phi) is 6.29. The first-order valence-electron chi connectivity index (χ1n) is 9.71. The largest absolute Gasteiger partial charge is 0.369 e. The number of hydrogen-bond donors (Lipinski definition) is 1. The van der Waals surface area contributed by atoms with E-state index in [4.69, 9.17) is 5.73 Å². The van der Waals surface area contributed by atoms with E-state index >= 15 is 0 Å². The van der Waals surface area contributed by atoms with Gasteiger partial charge in [0.1, 0.15) is 22.0 Å². The summed E-state index contributed by atoms with van der Waals surface area (Å²) in [5, 5.41) is 3.76. The number of fused-ring (bicyclic) bond motifs is 1. The first-order chi connectivity index (χ1) is 14.5. The Morgan fingerprint density at radius 2 is 1.93 bits per heavy atom. The summed E-state index contributed by atoms with van der Waals surface area (Å²) >= 11 is 3.05. The van der Waals surface area contributed by atoms with Crippen molar-refractivity contribution in [1.82, 2.24) is 14.9 Å². The van der Waals surface area contributed by atoms with Crippen molar-refractivity contribution < 1.29 is 14.0 Å². The fourth-order valence-corrected chi connectivity index (χ4v) is 5.53. The second-order valence-electron chi connectivity index (χ2n) is 7.17. The van der Waals surface area contributed by atoms with Crippen LogP contribution in [0.5, 0.6) is 0 Å². The van der Waals surface area contributed by atoms with Gasteiger partial charge in [-0.1, -0.05) is 12.1 Å². The molecule has 1 saturated heterocycles. The molecule has 0 radical (unpaired) electrons. The number of benzene rings is 1. The lowest BCUT2D eigenvalue weighted by Gasteiger charge is -2.30. The summed E-state index contributed by atoms with van der Waals surface area (Å²) in [4.78, 5) is 35.3. The summed E-state index contributed by atoms with van der Waals surface area (Å²) in [6, 6.07) is 6.38. The first-order valence-corrected chi connectivity index (χ1v) is 11.6. The van der Waals surface area contributed by atoms with Gasteiger partial charge in [-0.3, -0.25) is 9.59 Å². The second-order valence-corrected chi connectivity index (χ2v) is 9.11.